The molecule has 3 aromatic rings. The van der Waals surface area contributed by atoms with Gasteiger partial charge in [-0.2, -0.15) is 5.10 Å². The number of aryl methyl sites for hydroxylation is 1. The van der Waals surface area contributed by atoms with Crippen LogP contribution < -0.4 is 11.1 Å². The van der Waals surface area contributed by atoms with Crippen LogP contribution in [-0.2, 0) is 0 Å². The molecule has 6 nitrogen and oxygen atoms in total. The molecule has 1 fully saturated rings. The topological polar surface area (TPSA) is 85.3 Å². The lowest BCUT2D eigenvalue weighted by molar-refractivity contribution is 0.100. The maximum atomic E-state index is 14.1. The molecule has 0 unspecified atom stereocenters. The van der Waals surface area contributed by atoms with Gasteiger partial charge in [0, 0.05) is 18.0 Å². The number of nitrogens with zero attached hydrogens (tertiary/aromatic N) is 3. The van der Waals surface area contributed by atoms with Gasteiger partial charge in [0.2, 0.25) is 0 Å². The molecule has 2 atom stereocenters. The summed E-state index contributed by atoms with van der Waals surface area (Å²) in [7, 11) is 0. The predicted octanol–water partition coefficient (Wildman–Crippen LogP) is 3.11. The summed E-state index contributed by atoms with van der Waals surface area (Å²) in [6.45, 7) is 1.98. The normalized spacial score (nSPS) is 19.8. The molecule has 4 rings (SSSR count). The average Bonchev–Trinajstić information content (AvgIpc) is 3.22. The molecule has 3 N–H and O–H groups in total. The summed E-state index contributed by atoms with van der Waals surface area (Å²) in [6.07, 6.45) is 6.20. The number of amides is 1. The van der Waals surface area contributed by atoms with Crippen molar-refractivity contribution in [3.8, 4) is 11.3 Å². The lowest BCUT2D eigenvalue weighted by Gasteiger charge is -2.19. The maximum Gasteiger partial charge on any atom is 0.252 e. The van der Waals surface area contributed by atoms with E-state index in [0.717, 1.165) is 29.7 Å². The molecule has 1 saturated carbocycles. The van der Waals surface area contributed by atoms with Gasteiger partial charge in [-0.05, 0) is 43.9 Å². The fraction of sp³-hybridized carbons (Fsp3) is 0.316. The van der Waals surface area contributed by atoms with Crippen LogP contribution in [0, 0.1) is 6.92 Å². The molecular formula is C19H20FN5O. The number of carbonyl (C=O) groups is 1. The molecule has 0 spiro atoms. The summed E-state index contributed by atoms with van der Waals surface area (Å²) in [5.74, 6) is -0.591. The SMILES string of the molecule is Cc1ccc(-c2cc3c(N[C@@H]4CCC[C@@H]4F)c(C(N)=O)cnn3c2)nc1. The molecule has 134 valence electrons. The number of fused-ring (bicyclic) bond motifs is 1. The molecule has 26 heavy (non-hydrogen) atoms. The zero-order chi connectivity index (χ0) is 18.3. The summed E-state index contributed by atoms with van der Waals surface area (Å²) in [4.78, 5) is 16.3. The van der Waals surface area contributed by atoms with E-state index in [1.807, 2.05) is 31.3 Å². The van der Waals surface area contributed by atoms with E-state index in [0.29, 0.717) is 17.6 Å². The highest BCUT2D eigenvalue weighted by molar-refractivity contribution is 6.02. The first kappa shape index (κ1) is 16.5. The smallest absolute Gasteiger partial charge is 0.252 e. The van der Waals surface area contributed by atoms with Gasteiger partial charge in [-0.1, -0.05) is 6.07 Å². The van der Waals surface area contributed by atoms with Crippen molar-refractivity contribution in [3.05, 3.63) is 47.9 Å². The Morgan fingerprint density at radius 3 is 2.85 bits per heavy atom. The molecule has 7 heteroatoms. The number of halogens is 1. The summed E-state index contributed by atoms with van der Waals surface area (Å²) >= 11 is 0. The van der Waals surface area contributed by atoms with Crippen molar-refractivity contribution in [1.82, 2.24) is 14.6 Å². The van der Waals surface area contributed by atoms with Crippen LogP contribution in [0.3, 0.4) is 0 Å². The third kappa shape index (κ3) is 2.89. The van der Waals surface area contributed by atoms with Crippen LogP contribution in [0.4, 0.5) is 10.1 Å². The number of hydrogen-bond donors (Lipinski definition) is 2. The minimum atomic E-state index is -0.933. The number of primary amides is 1. The van der Waals surface area contributed by atoms with Crippen LogP contribution in [0.5, 0.6) is 0 Å². The lowest BCUT2D eigenvalue weighted by Crippen LogP contribution is -2.27. The fourth-order valence-corrected chi connectivity index (χ4v) is 3.44. The van der Waals surface area contributed by atoms with Crippen LogP contribution >= 0.6 is 0 Å². The standard InChI is InChI=1S/C19H20FN5O/c1-11-5-6-15(22-8-11)12-7-17-18(24-16-4-2-3-14(16)20)13(19(21)26)9-23-25(17)10-12/h5-10,14,16,24H,2-4H2,1H3,(H2,21,26)/t14-,16+/m0/s1. The molecule has 1 amide bonds. The first-order valence-electron chi connectivity index (χ1n) is 8.68. The minimum Gasteiger partial charge on any atom is -0.377 e. The molecular weight excluding hydrogens is 333 g/mol. The van der Waals surface area contributed by atoms with E-state index >= 15 is 0 Å². The van der Waals surface area contributed by atoms with Crippen LogP contribution in [0.25, 0.3) is 16.8 Å². The Labute approximate surface area is 150 Å². The van der Waals surface area contributed by atoms with Gasteiger partial charge in [0.1, 0.15) is 6.17 Å². The molecule has 0 radical (unpaired) electrons. The monoisotopic (exact) mass is 353 g/mol. The number of hydrogen-bond acceptors (Lipinski definition) is 4. The van der Waals surface area contributed by atoms with Gasteiger partial charge >= 0.3 is 0 Å². The van der Waals surface area contributed by atoms with E-state index < -0.39 is 12.1 Å². The van der Waals surface area contributed by atoms with E-state index in [1.54, 1.807) is 10.7 Å². The van der Waals surface area contributed by atoms with Crippen molar-refractivity contribution in [2.75, 3.05) is 5.32 Å². The first-order chi connectivity index (χ1) is 12.5. The Morgan fingerprint density at radius 1 is 1.35 bits per heavy atom. The number of aromatic nitrogens is 3. The number of rotatable bonds is 4. The summed E-state index contributed by atoms with van der Waals surface area (Å²) < 4.78 is 15.8. The van der Waals surface area contributed by atoms with Gasteiger partial charge in [-0.15, -0.1) is 0 Å². The van der Waals surface area contributed by atoms with Crippen LogP contribution in [0.1, 0.15) is 35.2 Å². The van der Waals surface area contributed by atoms with Gasteiger partial charge in [-0.25, -0.2) is 8.91 Å². The molecule has 3 heterocycles. The second kappa shape index (κ2) is 6.40. The van der Waals surface area contributed by atoms with Gasteiger partial charge in [-0.3, -0.25) is 9.78 Å². The highest BCUT2D eigenvalue weighted by Crippen LogP contribution is 2.31. The zero-order valence-electron chi connectivity index (χ0n) is 14.4. The highest BCUT2D eigenvalue weighted by atomic mass is 19.1. The Hall–Kier alpha value is -2.96. The minimum absolute atomic E-state index is 0.262. The third-order valence-electron chi connectivity index (χ3n) is 4.87. The van der Waals surface area contributed by atoms with E-state index in [9.17, 15) is 9.18 Å². The van der Waals surface area contributed by atoms with Crippen molar-refractivity contribution in [2.24, 2.45) is 5.73 Å². The molecule has 0 bridgehead atoms. The lowest BCUT2D eigenvalue weighted by atomic mass is 10.1. The summed E-state index contributed by atoms with van der Waals surface area (Å²) in [5.41, 5.74) is 9.73. The second-order valence-electron chi connectivity index (χ2n) is 6.77. The van der Waals surface area contributed by atoms with Gasteiger partial charge < -0.3 is 11.1 Å². The van der Waals surface area contributed by atoms with Gasteiger partial charge in [0.15, 0.2) is 0 Å². The number of anilines is 1. The van der Waals surface area contributed by atoms with Gasteiger partial charge in [0.05, 0.1) is 34.7 Å². The summed E-state index contributed by atoms with van der Waals surface area (Å²) in [5, 5.41) is 7.48. The van der Waals surface area contributed by atoms with Crippen molar-refractivity contribution in [1.29, 1.82) is 0 Å². The van der Waals surface area contributed by atoms with Crippen molar-refractivity contribution >= 4 is 17.1 Å². The third-order valence-corrected chi connectivity index (χ3v) is 4.87. The highest BCUT2D eigenvalue weighted by Gasteiger charge is 2.29. The molecule has 0 aromatic carbocycles. The van der Waals surface area contributed by atoms with E-state index in [-0.39, 0.29) is 11.6 Å². The largest absolute Gasteiger partial charge is 0.377 e. The van der Waals surface area contributed by atoms with Crippen LogP contribution in [0.15, 0.2) is 36.8 Å². The predicted molar refractivity (Wildman–Crippen MR) is 97.8 cm³/mol. The number of nitrogens with two attached hydrogens (primary N) is 1. The van der Waals surface area contributed by atoms with Crippen LogP contribution in [-0.4, -0.2) is 32.7 Å². The molecule has 3 aromatic heterocycles. The van der Waals surface area contributed by atoms with E-state index in [1.165, 1.54) is 6.20 Å². The maximum absolute atomic E-state index is 14.1. The molecule has 0 aliphatic heterocycles. The number of pyridine rings is 1. The van der Waals surface area contributed by atoms with Crippen LogP contribution in [0.2, 0.25) is 0 Å². The Bertz CT molecular complexity index is 966. The molecule has 0 saturated heterocycles. The quantitative estimate of drug-likeness (QED) is 0.755. The van der Waals surface area contributed by atoms with Gasteiger partial charge in [0.25, 0.3) is 5.91 Å². The second-order valence-corrected chi connectivity index (χ2v) is 6.77. The van der Waals surface area contributed by atoms with E-state index in [2.05, 4.69) is 15.4 Å². The number of alkyl halides is 1. The number of carbonyl (C=O) groups excluding carboxylic acids is 1. The van der Waals surface area contributed by atoms with Crippen molar-refractivity contribution in [3.63, 3.8) is 0 Å². The van der Waals surface area contributed by atoms with E-state index in [4.69, 9.17) is 5.73 Å². The fourth-order valence-electron chi connectivity index (χ4n) is 3.44. The molecule has 1 aliphatic rings. The Balaban J connectivity index is 1.82. The Morgan fingerprint density at radius 2 is 2.19 bits per heavy atom. The molecule has 1 aliphatic carbocycles. The summed E-state index contributed by atoms with van der Waals surface area (Å²) in [6, 6.07) is 5.48. The number of nitrogens with one attached hydrogen (secondary N) is 1. The van der Waals surface area contributed by atoms with Crippen molar-refractivity contribution in [2.45, 2.75) is 38.4 Å². The van der Waals surface area contributed by atoms with Crippen molar-refractivity contribution < 1.29 is 9.18 Å². The Kier molecular flexibility index (Phi) is 4.06. The zero-order valence-corrected chi connectivity index (χ0v) is 14.4. The average molecular weight is 353 g/mol. The first-order valence-corrected chi connectivity index (χ1v) is 8.68.